The van der Waals surface area contributed by atoms with Crippen LogP contribution in [0, 0.1) is 0 Å². The Hall–Kier alpha value is -1.52. The van der Waals surface area contributed by atoms with Crippen LogP contribution >= 0.6 is 11.3 Å². The monoisotopic (exact) mass is 193 g/mol. The quantitative estimate of drug-likeness (QED) is 0.444. The van der Waals surface area contributed by atoms with E-state index in [0.717, 1.165) is 15.1 Å². The van der Waals surface area contributed by atoms with Crippen LogP contribution in [-0.2, 0) is 0 Å². The Labute approximate surface area is 78.0 Å². The summed E-state index contributed by atoms with van der Waals surface area (Å²) in [5.74, 6) is 0. The number of H-pyrrole nitrogens is 1. The zero-order valence-corrected chi connectivity index (χ0v) is 7.75. The van der Waals surface area contributed by atoms with Gasteiger partial charge in [0.2, 0.25) is 0 Å². The van der Waals surface area contributed by atoms with Crippen LogP contribution in [0.15, 0.2) is 17.4 Å². The molecule has 2 rings (SSSR count). The largest absolute Gasteiger partial charge is 0.277 e. The van der Waals surface area contributed by atoms with Crippen LogP contribution in [-0.4, -0.2) is 10.2 Å². The standard InChI is InChI=1S/C7H7N5S/c1-4(10-12-8)6-2-5-7(13-6)3-9-11-5/h2-4H,1H3,(H,9,11). The highest BCUT2D eigenvalue weighted by molar-refractivity contribution is 7.19. The van der Waals surface area contributed by atoms with Crippen LogP contribution < -0.4 is 0 Å². The summed E-state index contributed by atoms with van der Waals surface area (Å²) in [7, 11) is 0. The molecule has 0 fully saturated rings. The first-order valence-corrected chi connectivity index (χ1v) is 4.60. The van der Waals surface area contributed by atoms with E-state index < -0.39 is 0 Å². The smallest absolute Gasteiger partial charge is 0.0761 e. The van der Waals surface area contributed by atoms with E-state index in [9.17, 15) is 0 Å². The van der Waals surface area contributed by atoms with E-state index in [0.29, 0.717) is 0 Å². The Balaban J connectivity index is 2.44. The molecule has 2 aromatic heterocycles. The second kappa shape index (κ2) is 3.08. The van der Waals surface area contributed by atoms with E-state index in [2.05, 4.69) is 20.2 Å². The highest BCUT2D eigenvalue weighted by atomic mass is 32.1. The van der Waals surface area contributed by atoms with Gasteiger partial charge in [-0.3, -0.25) is 5.10 Å². The number of rotatable bonds is 2. The van der Waals surface area contributed by atoms with Crippen molar-refractivity contribution < 1.29 is 0 Å². The Bertz CT molecular complexity index is 435. The number of fused-ring (bicyclic) bond motifs is 1. The van der Waals surface area contributed by atoms with E-state index in [1.165, 1.54) is 0 Å². The maximum absolute atomic E-state index is 8.27. The molecule has 0 spiro atoms. The zero-order valence-electron chi connectivity index (χ0n) is 6.93. The molecule has 0 saturated carbocycles. The normalized spacial score (nSPS) is 12.7. The molecule has 0 aliphatic rings. The molecular formula is C7H7N5S. The van der Waals surface area contributed by atoms with Crippen molar-refractivity contribution in [3.8, 4) is 0 Å². The van der Waals surface area contributed by atoms with Gasteiger partial charge in [0.1, 0.15) is 0 Å². The molecule has 0 aliphatic heterocycles. The lowest BCUT2D eigenvalue weighted by molar-refractivity contribution is 0.827. The maximum atomic E-state index is 8.27. The third kappa shape index (κ3) is 1.37. The third-order valence-electron chi connectivity index (χ3n) is 1.78. The third-order valence-corrected chi connectivity index (χ3v) is 3.02. The number of thiophene rings is 1. The summed E-state index contributed by atoms with van der Waals surface area (Å²) >= 11 is 1.59. The molecule has 0 bridgehead atoms. The van der Waals surface area contributed by atoms with Gasteiger partial charge in [-0.2, -0.15) is 5.10 Å². The first-order chi connectivity index (χ1) is 6.31. The van der Waals surface area contributed by atoms with E-state index in [1.807, 2.05) is 13.0 Å². The molecule has 6 heteroatoms. The number of nitrogens with one attached hydrogen (secondary N) is 1. The SMILES string of the molecule is CC(N=[N+]=[N-])c1cc2[nH]ncc2s1. The van der Waals surface area contributed by atoms with E-state index in [-0.39, 0.29) is 6.04 Å². The average Bonchev–Trinajstić information content (AvgIpc) is 2.61. The van der Waals surface area contributed by atoms with Crippen LogP contribution in [0.3, 0.4) is 0 Å². The van der Waals surface area contributed by atoms with Gasteiger partial charge >= 0.3 is 0 Å². The Kier molecular flexibility index (Phi) is 1.92. The molecule has 66 valence electrons. The van der Waals surface area contributed by atoms with Crippen molar-refractivity contribution in [3.05, 3.63) is 27.6 Å². The van der Waals surface area contributed by atoms with E-state index in [1.54, 1.807) is 17.5 Å². The highest BCUT2D eigenvalue weighted by Gasteiger charge is 2.08. The first kappa shape index (κ1) is 8.10. The predicted molar refractivity (Wildman–Crippen MR) is 51.5 cm³/mol. The van der Waals surface area contributed by atoms with Crippen LogP contribution in [0.2, 0.25) is 0 Å². The molecule has 1 atom stereocenters. The van der Waals surface area contributed by atoms with E-state index in [4.69, 9.17) is 5.53 Å². The molecule has 0 radical (unpaired) electrons. The molecule has 0 aliphatic carbocycles. The first-order valence-electron chi connectivity index (χ1n) is 3.78. The van der Waals surface area contributed by atoms with Crippen molar-refractivity contribution in [1.82, 2.24) is 10.2 Å². The number of azide groups is 1. The Morgan fingerprint density at radius 3 is 3.31 bits per heavy atom. The molecule has 0 aromatic carbocycles. The molecule has 2 aromatic rings. The fourth-order valence-electron chi connectivity index (χ4n) is 1.11. The summed E-state index contributed by atoms with van der Waals surface area (Å²) < 4.78 is 1.09. The molecule has 0 saturated heterocycles. The van der Waals surface area contributed by atoms with Crippen molar-refractivity contribution in [2.75, 3.05) is 0 Å². The van der Waals surface area contributed by atoms with Gasteiger partial charge in [0, 0.05) is 9.79 Å². The van der Waals surface area contributed by atoms with Gasteiger partial charge in [-0.15, -0.1) is 11.3 Å². The molecule has 1 unspecified atom stereocenters. The summed E-state index contributed by atoms with van der Waals surface area (Å²) in [6.07, 6.45) is 1.77. The van der Waals surface area contributed by atoms with Gasteiger partial charge in [0.15, 0.2) is 0 Å². The zero-order chi connectivity index (χ0) is 9.26. The number of nitrogens with zero attached hydrogens (tertiary/aromatic N) is 4. The van der Waals surface area contributed by atoms with Gasteiger partial charge in [0.25, 0.3) is 0 Å². The fraction of sp³-hybridized carbons (Fsp3) is 0.286. The van der Waals surface area contributed by atoms with Gasteiger partial charge in [-0.05, 0) is 11.6 Å². The van der Waals surface area contributed by atoms with Gasteiger partial charge in [-0.1, -0.05) is 12.0 Å². The van der Waals surface area contributed by atoms with Crippen molar-refractivity contribution in [1.29, 1.82) is 0 Å². The Morgan fingerprint density at radius 2 is 2.62 bits per heavy atom. The van der Waals surface area contributed by atoms with Crippen LogP contribution in [0.5, 0.6) is 0 Å². The average molecular weight is 193 g/mol. The molecular weight excluding hydrogens is 186 g/mol. The maximum Gasteiger partial charge on any atom is 0.0761 e. The molecule has 13 heavy (non-hydrogen) atoms. The lowest BCUT2D eigenvalue weighted by Gasteiger charge is -1.96. The predicted octanol–water partition coefficient (Wildman–Crippen LogP) is 3.00. The van der Waals surface area contributed by atoms with Gasteiger partial charge < -0.3 is 0 Å². The minimum Gasteiger partial charge on any atom is -0.277 e. The van der Waals surface area contributed by atoms with Gasteiger partial charge in [-0.25, -0.2) is 0 Å². The lowest BCUT2D eigenvalue weighted by atomic mass is 10.3. The summed E-state index contributed by atoms with van der Waals surface area (Å²) in [6, 6.07) is 1.86. The number of aromatic nitrogens is 2. The van der Waals surface area contributed by atoms with Crippen molar-refractivity contribution in [2.24, 2.45) is 5.11 Å². The van der Waals surface area contributed by atoms with Crippen LogP contribution in [0.25, 0.3) is 20.7 Å². The number of hydrogen-bond donors (Lipinski definition) is 1. The molecule has 5 nitrogen and oxygen atoms in total. The fourth-order valence-corrected chi connectivity index (χ4v) is 2.08. The second-order valence-electron chi connectivity index (χ2n) is 2.68. The van der Waals surface area contributed by atoms with Gasteiger partial charge in [0.05, 0.1) is 22.5 Å². The number of aromatic amines is 1. The minimum atomic E-state index is -0.101. The van der Waals surface area contributed by atoms with Crippen molar-refractivity contribution in [3.63, 3.8) is 0 Å². The van der Waals surface area contributed by atoms with Crippen molar-refractivity contribution >= 4 is 21.6 Å². The summed E-state index contributed by atoms with van der Waals surface area (Å²) in [5, 5.41) is 10.4. The lowest BCUT2D eigenvalue weighted by Crippen LogP contribution is -1.80. The highest BCUT2D eigenvalue weighted by Crippen LogP contribution is 2.29. The topological polar surface area (TPSA) is 77.4 Å². The number of hydrogen-bond acceptors (Lipinski definition) is 3. The van der Waals surface area contributed by atoms with E-state index >= 15 is 0 Å². The van der Waals surface area contributed by atoms with Crippen molar-refractivity contribution in [2.45, 2.75) is 13.0 Å². The summed E-state index contributed by atoms with van der Waals surface area (Å²) in [5.41, 5.74) is 9.27. The molecule has 0 amide bonds. The van der Waals surface area contributed by atoms with Crippen LogP contribution in [0.4, 0.5) is 0 Å². The molecule has 2 heterocycles. The summed E-state index contributed by atoms with van der Waals surface area (Å²) in [6.45, 7) is 1.87. The summed E-state index contributed by atoms with van der Waals surface area (Å²) in [4.78, 5) is 3.83. The Morgan fingerprint density at radius 1 is 1.77 bits per heavy atom. The second-order valence-corrected chi connectivity index (χ2v) is 3.79. The minimum absolute atomic E-state index is 0.101. The van der Waals surface area contributed by atoms with Crippen LogP contribution in [0.1, 0.15) is 17.8 Å². The molecule has 1 N–H and O–H groups in total.